The number of ether oxygens (including phenoxy) is 1. The average Bonchev–Trinajstić information content (AvgIpc) is 3.20. The summed E-state index contributed by atoms with van der Waals surface area (Å²) in [6, 6.07) is 14.9. The van der Waals surface area contributed by atoms with E-state index in [1.807, 2.05) is 12.1 Å². The van der Waals surface area contributed by atoms with E-state index in [4.69, 9.17) is 9.15 Å². The largest absolute Gasteiger partial charge is 0.474 e. The first kappa shape index (κ1) is 19.7. The third-order valence-electron chi connectivity index (χ3n) is 6.05. The van der Waals surface area contributed by atoms with Gasteiger partial charge in [-0.2, -0.15) is 0 Å². The Morgan fingerprint density at radius 3 is 2.52 bits per heavy atom. The van der Waals surface area contributed by atoms with E-state index in [1.54, 1.807) is 18.2 Å². The SMILES string of the molecule is CCc1ccc(-c2c(-c3ccccc3F)oc3ncnc(OC4CCCCC4)c23)cc1. The number of benzene rings is 2. The van der Waals surface area contributed by atoms with Crippen LogP contribution in [0.3, 0.4) is 0 Å². The van der Waals surface area contributed by atoms with Gasteiger partial charge in [0, 0.05) is 5.56 Å². The van der Waals surface area contributed by atoms with Gasteiger partial charge in [-0.25, -0.2) is 14.4 Å². The van der Waals surface area contributed by atoms with E-state index in [-0.39, 0.29) is 11.9 Å². The van der Waals surface area contributed by atoms with Gasteiger partial charge in [-0.1, -0.05) is 49.7 Å². The van der Waals surface area contributed by atoms with Gasteiger partial charge < -0.3 is 9.15 Å². The summed E-state index contributed by atoms with van der Waals surface area (Å²) in [5.41, 5.74) is 3.75. The molecule has 2 aromatic carbocycles. The Morgan fingerprint density at radius 1 is 1.00 bits per heavy atom. The van der Waals surface area contributed by atoms with Crippen molar-refractivity contribution < 1.29 is 13.5 Å². The normalized spacial score (nSPS) is 14.8. The number of furan rings is 1. The van der Waals surface area contributed by atoms with E-state index in [0.29, 0.717) is 28.3 Å². The maximum absolute atomic E-state index is 14.8. The first-order valence-electron chi connectivity index (χ1n) is 11.0. The molecule has 1 fully saturated rings. The molecule has 0 spiro atoms. The van der Waals surface area contributed by atoms with Gasteiger partial charge in [-0.05, 0) is 55.4 Å². The minimum absolute atomic E-state index is 0.133. The molecule has 5 rings (SSSR count). The summed E-state index contributed by atoms with van der Waals surface area (Å²) in [5.74, 6) is 0.625. The van der Waals surface area contributed by atoms with E-state index in [0.717, 1.165) is 43.2 Å². The smallest absolute Gasteiger partial charge is 0.234 e. The highest BCUT2D eigenvalue weighted by Gasteiger charge is 2.26. The number of halogens is 1. The lowest BCUT2D eigenvalue weighted by Crippen LogP contribution is -2.20. The minimum Gasteiger partial charge on any atom is -0.474 e. The fraction of sp³-hybridized carbons (Fsp3) is 0.308. The summed E-state index contributed by atoms with van der Waals surface area (Å²) < 4.78 is 27.3. The van der Waals surface area contributed by atoms with Crippen molar-refractivity contribution >= 4 is 11.1 Å². The predicted molar refractivity (Wildman–Crippen MR) is 120 cm³/mol. The molecule has 5 heteroatoms. The molecule has 158 valence electrons. The van der Waals surface area contributed by atoms with Crippen LogP contribution in [-0.4, -0.2) is 16.1 Å². The van der Waals surface area contributed by atoms with Gasteiger partial charge in [0.1, 0.15) is 29.4 Å². The second kappa shape index (κ2) is 8.50. The molecule has 1 aliphatic rings. The van der Waals surface area contributed by atoms with Gasteiger partial charge in [0.25, 0.3) is 0 Å². The van der Waals surface area contributed by atoms with Crippen molar-refractivity contribution in [2.24, 2.45) is 0 Å². The molecular formula is C26H25FN2O2. The lowest BCUT2D eigenvalue weighted by molar-refractivity contribution is 0.151. The van der Waals surface area contributed by atoms with Crippen molar-refractivity contribution in [3.63, 3.8) is 0 Å². The van der Waals surface area contributed by atoms with Crippen LogP contribution in [0.2, 0.25) is 0 Å². The van der Waals surface area contributed by atoms with Crippen LogP contribution >= 0.6 is 0 Å². The molecule has 0 bridgehead atoms. The monoisotopic (exact) mass is 416 g/mol. The zero-order valence-electron chi connectivity index (χ0n) is 17.6. The molecule has 31 heavy (non-hydrogen) atoms. The second-order valence-electron chi connectivity index (χ2n) is 8.07. The van der Waals surface area contributed by atoms with Gasteiger partial charge in [0.15, 0.2) is 0 Å². The summed E-state index contributed by atoms with van der Waals surface area (Å²) in [6.45, 7) is 2.12. The summed E-state index contributed by atoms with van der Waals surface area (Å²) in [4.78, 5) is 8.81. The van der Waals surface area contributed by atoms with Crippen LogP contribution in [-0.2, 0) is 6.42 Å². The van der Waals surface area contributed by atoms with Crippen molar-refractivity contribution in [2.45, 2.75) is 51.6 Å². The molecule has 0 amide bonds. The number of aryl methyl sites for hydroxylation is 1. The predicted octanol–water partition coefficient (Wildman–Crippen LogP) is 6.97. The summed E-state index contributed by atoms with van der Waals surface area (Å²) >= 11 is 0. The van der Waals surface area contributed by atoms with Crippen molar-refractivity contribution in [2.75, 3.05) is 0 Å². The summed E-state index contributed by atoms with van der Waals surface area (Å²) in [5, 5.41) is 0.704. The highest BCUT2D eigenvalue weighted by molar-refractivity contribution is 6.03. The fourth-order valence-electron chi connectivity index (χ4n) is 4.35. The van der Waals surface area contributed by atoms with Gasteiger partial charge in [0.2, 0.25) is 11.6 Å². The molecule has 2 heterocycles. The van der Waals surface area contributed by atoms with Gasteiger partial charge in [-0.3, -0.25) is 0 Å². The number of rotatable bonds is 5. The van der Waals surface area contributed by atoms with Crippen LogP contribution in [0.25, 0.3) is 33.6 Å². The molecule has 4 aromatic rings. The molecule has 0 N–H and O–H groups in total. The van der Waals surface area contributed by atoms with Crippen molar-refractivity contribution in [1.82, 2.24) is 9.97 Å². The summed E-state index contributed by atoms with van der Waals surface area (Å²) in [7, 11) is 0. The molecule has 2 aromatic heterocycles. The third kappa shape index (κ3) is 3.80. The van der Waals surface area contributed by atoms with E-state index in [1.165, 1.54) is 24.4 Å². The molecule has 0 atom stereocenters. The molecule has 1 aliphatic carbocycles. The average molecular weight is 416 g/mol. The van der Waals surface area contributed by atoms with Gasteiger partial charge in [0.05, 0.1) is 5.56 Å². The molecule has 4 nitrogen and oxygen atoms in total. The maximum Gasteiger partial charge on any atom is 0.234 e. The van der Waals surface area contributed by atoms with Gasteiger partial charge >= 0.3 is 0 Å². The Bertz CT molecular complexity index is 1190. The topological polar surface area (TPSA) is 48.2 Å². The van der Waals surface area contributed by atoms with Crippen molar-refractivity contribution in [3.8, 4) is 28.3 Å². The zero-order chi connectivity index (χ0) is 21.2. The second-order valence-corrected chi connectivity index (χ2v) is 8.07. The minimum atomic E-state index is -0.337. The summed E-state index contributed by atoms with van der Waals surface area (Å²) in [6.07, 6.45) is 8.15. The molecular weight excluding hydrogens is 391 g/mol. The standard InChI is InChI=1S/C26H25FN2O2/c1-2-17-12-14-18(15-13-17)22-23-25(30-19-8-4-3-5-9-19)28-16-29-26(23)31-24(22)20-10-6-7-11-21(20)27/h6-7,10-16,19H,2-5,8-9H2,1H3. The Morgan fingerprint density at radius 2 is 1.77 bits per heavy atom. The van der Waals surface area contributed by atoms with E-state index < -0.39 is 0 Å². The molecule has 0 unspecified atom stereocenters. The van der Waals surface area contributed by atoms with Crippen LogP contribution in [0.5, 0.6) is 5.88 Å². The zero-order valence-corrected chi connectivity index (χ0v) is 17.6. The Balaban J connectivity index is 1.72. The van der Waals surface area contributed by atoms with E-state index in [2.05, 4.69) is 29.0 Å². The first-order valence-corrected chi connectivity index (χ1v) is 11.0. The van der Waals surface area contributed by atoms with Crippen LogP contribution in [0.1, 0.15) is 44.6 Å². The first-order chi connectivity index (χ1) is 15.2. The van der Waals surface area contributed by atoms with Crippen molar-refractivity contribution in [1.29, 1.82) is 0 Å². The Kier molecular flexibility index (Phi) is 5.41. The molecule has 0 radical (unpaired) electrons. The van der Waals surface area contributed by atoms with E-state index in [9.17, 15) is 4.39 Å². The number of nitrogens with zero attached hydrogens (tertiary/aromatic N) is 2. The third-order valence-corrected chi connectivity index (χ3v) is 6.05. The lowest BCUT2D eigenvalue weighted by Gasteiger charge is -2.22. The Hall–Kier alpha value is -3.21. The van der Waals surface area contributed by atoms with Crippen LogP contribution < -0.4 is 4.74 Å². The van der Waals surface area contributed by atoms with Crippen LogP contribution in [0.4, 0.5) is 4.39 Å². The number of hydrogen-bond donors (Lipinski definition) is 0. The molecule has 0 saturated heterocycles. The van der Waals surface area contributed by atoms with Crippen molar-refractivity contribution in [3.05, 3.63) is 66.2 Å². The number of hydrogen-bond acceptors (Lipinski definition) is 4. The highest BCUT2D eigenvalue weighted by atomic mass is 19.1. The number of aromatic nitrogens is 2. The number of fused-ring (bicyclic) bond motifs is 1. The molecule has 1 saturated carbocycles. The Labute approximate surface area is 181 Å². The lowest BCUT2D eigenvalue weighted by atomic mass is 9.97. The van der Waals surface area contributed by atoms with Crippen LogP contribution in [0.15, 0.2) is 59.3 Å². The highest BCUT2D eigenvalue weighted by Crippen LogP contribution is 2.44. The maximum atomic E-state index is 14.8. The quantitative estimate of drug-likeness (QED) is 0.352. The molecule has 0 aliphatic heterocycles. The fourth-order valence-corrected chi connectivity index (χ4v) is 4.35. The van der Waals surface area contributed by atoms with Crippen LogP contribution in [0, 0.1) is 5.82 Å². The van der Waals surface area contributed by atoms with Gasteiger partial charge in [-0.15, -0.1) is 0 Å². The van der Waals surface area contributed by atoms with E-state index >= 15 is 0 Å².